The Labute approximate surface area is 180 Å². The summed E-state index contributed by atoms with van der Waals surface area (Å²) in [5, 5.41) is 3.57. The number of rotatable bonds is 9. The highest BCUT2D eigenvalue weighted by molar-refractivity contribution is 7.18. The fraction of sp³-hybridized carbons (Fsp3) is 0.409. The van der Waals surface area contributed by atoms with Crippen molar-refractivity contribution in [2.24, 2.45) is 0 Å². The molecule has 1 amide bonds. The van der Waals surface area contributed by atoms with E-state index in [0.717, 1.165) is 33.1 Å². The Balaban J connectivity index is 1.53. The van der Waals surface area contributed by atoms with Crippen LogP contribution in [0.25, 0.3) is 10.2 Å². The molecule has 0 fully saturated rings. The fourth-order valence-corrected chi connectivity index (χ4v) is 4.02. The van der Waals surface area contributed by atoms with Gasteiger partial charge in [0.05, 0.1) is 11.7 Å². The Morgan fingerprint density at radius 2 is 2.10 bits per heavy atom. The lowest BCUT2D eigenvalue weighted by atomic mass is 10.2. The highest BCUT2D eigenvalue weighted by Gasteiger charge is 2.12. The molecule has 30 heavy (non-hydrogen) atoms. The summed E-state index contributed by atoms with van der Waals surface area (Å²) in [4.78, 5) is 33.3. The molecule has 2 heterocycles. The zero-order chi connectivity index (χ0) is 21.7. The molecule has 0 aliphatic carbocycles. The number of aryl methyl sites for hydroxylation is 3. The van der Waals surface area contributed by atoms with Gasteiger partial charge in [-0.25, -0.2) is 4.98 Å². The summed E-state index contributed by atoms with van der Waals surface area (Å²) in [5.41, 5.74) is 1.85. The molecule has 0 aliphatic rings. The Morgan fingerprint density at radius 3 is 2.87 bits per heavy atom. The number of benzene rings is 1. The summed E-state index contributed by atoms with van der Waals surface area (Å²) in [5.74, 6) is 0.676. The predicted molar refractivity (Wildman–Crippen MR) is 120 cm³/mol. The number of carbonyl (C=O) groups excluding carboxylic acids is 1. The van der Waals surface area contributed by atoms with Crippen LogP contribution in [-0.2, 0) is 17.9 Å². The Kier molecular flexibility index (Phi) is 7.23. The molecule has 3 aromatic rings. The maximum atomic E-state index is 12.7. The molecule has 0 aliphatic heterocycles. The van der Waals surface area contributed by atoms with Gasteiger partial charge in [0.15, 0.2) is 0 Å². The quantitative estimate of drug-likeness (QED) is 0.567. The van der Waals surface area contributed by atoms with Gasteiger partial charge in [0.2, 0.25) is 5.91 Å². The van der Waals surface area contributed by atoms with E-state index in [9.17, 15) is 9.59 Å². The number of amides is 1. The molecule has 0 spiro atoms. The first-order valence-electron chi connectivity index (χ1n) is 9.93. The summed E-state index contributed by atoms with van der Waals surface area (Å²) in [6.45, 7) is 6.09. The Hall–Kier alpha value is -2.71. The minimum Gasteiger partial charge on any atom is -0.492 e. The summed E-state index contributed by atoms with van der Waals surface area (Å²) in [6.07, 6.45) is 1.75. The second-order valence-electron chi connectivity index (χ2n) is 7.53. The lowest BCUT2D eigenvalue weighted by Crippen LogP contribution is -2.27. The van der Waals surface area contributed by atoms with E-state index in [0.29, 0.717) is 25.1 Å². The third-order valence-corrected chi connectivity index (χ3v) is 6.05. The maximum Gasteiger partial charge on any atom is 0.262 e. The highest BCUT2D eigenvalue weighted by atomic mass is 32.1. The van der Waals surface area contributed by atoms with Crippen molar-refractivity contribution in [1.82, 2.24) is 19.8 Å². The standard InChI is InChI=1S/C22H28N4O3S/c1-15-16(2)30-21-20(15)22(28)26(14-24-21)9-8-19(27)23-13-17-6-5-7-18(12-17)29-11-10-25(3)4/h5-7,12,14H,8-11,13H2,1-4H3,(H,23,27). The molecule has 2 aromatic heterocycles. The molecule has 0 radical (unpaired) electrons. The van der Waals surface area contributed by atoms with Gasteiger partial charge in [-0.05, 0) is 51.2 Å². The first-order valence-corrected chi connectivity index (χ1v) is 10.7. The van der Waals surface area contributed by atoms with Crippen molar-refractivity contribution in [3.63, 3.8) is 0 Å². The van der Waals surface area contributed by atoms with Crippen molar-refractivity contribution in [2.45, 2.75) is 33.4 Å². The van der Waals surface area contributed by atoms with Crippen LogP contribution in [0.15, 0.2) is 35.4 Å². The van der Waals surface area contributed by atoms with Crippen LogP contribution in [0.4, 0.5) is 0 Å². The second kappa shape index (κ2) is 9.86. The summed E-state index contributed by atoms with van der Waals surface area (Å²) in [7, 11) is 4.00. The number of likely N-dealkylation sites (N-methyl/N-ethyl adjacent to an activating group) is 1. The first-order chi connectivity index (χ1) is 14.3. The lowest BCUT2D eigenvalue weighted by molar-refractivity contribution is -0.121. The smallest absolute Gasteiger partial charge is 0.262 e. The second-order valence-corrected chi connectivity index (χ2v) is 8.74. The number of thiophene rings is 1. The van der Waals surface area contributed by atoms with Gasteiger partial charge in [-0.3, -0.25) is 14.2 Å². The van der Waals surface area contributed by atoms with Crippen molar-refractivity contribution in [3.8, 4) is 5.75 Å². The number of ether oxygens (including phenoxy) is 1. The van der Waals surface area contributed by atoms with Gasteiger partial charge in [0, 0.05) is 30.9 Å². The van der Waals surface area contributed by atoms with E-state index >= 15 is 0 Å². The van der Waals surface area contributed by atoms with E-state index < -0.39 is 0 Å². The van der Waals surface area contributed by atoms with Gasteiger partial charge in [0.25, 0.3) is 5.56 Å². The van der Waals surface area contributed by atoms with Crippen LogP contribution in [0.5, 0.6) is 5.75 Å². The van der Waals surface area contributed by atoms with E-state index in [1.165, 1.54) is 22.2 Å². The number of hydrogen-bond donors (Lipinski definition) is 1. The van der Waals surface area contributed by atoms with E-state index in [-0.39, 0.29) is 17.9 Å². The maximum absolute atomic E-state index is 12.7. The first kappa shape index (κ1) is 22.0. The number of carbonyl (C=O) groups is 1. The number of nitrogens with one attached hydrogen (secondary N) is 1. The van der Waals surface area contributed by atoms with Crippen molar-refractivity contribution >= 4 is 27.5 Å². The van der Waals surface area contributed by atoms with Crippen LogP contribution >= 0.6 is 11.3 Å². The molecule has 0 unspecified atom stereocenters. The molecule has 0 bridgehead atoms. The minimum absolute atomic E-state index is 0.0859. The van der Waals surface area contributed by atoms with Crippen LogP contribution in [0, 0.1) is 13.8 Å². The normalized spacial score (nSPS) is 11.2. The highest BCUT2D eigenvalue weighted by Crippen LogP contribution is 2.25. The van der Waals surface area contributed by atoms with Gasteiger partial charge in [-0.15, -0.1) is 11.3 Å². The average molecular weight is 429 g/mol. The summed E-state index contributed by atoms with van der Waals surface area (Å²) < 4.78 is 7.24. The monoisotopic (exact) mass is 428 g/mol. The van der Waals surface area contributed by atoms with Crippen molar-refractivity contribution in [1.29, 1.82) is 0 Å². The van der Waals surface area contributed by atoms with Crippen LogP contribution in [0.2, 0.25) is 0 Å². The minimum atomic E-state index is -0.112. The van der Waals surface area contributed by atoms with Crippen LogP contribution in [-0.4, -0.2) is 47.6 Å². The van der Waals surface area contributed by atoms with Crippen LogP contribution in [0.1, 0.15) is 22.4 Å². The SMILES string of the molecule is Cc1sc2ncn(CCC(=O)NCc3cccc(OCCN(C)C)c3)c(=O)c2c1C. The van der Waals surface area contributed by atoms with Gasteiger partial charge < -0.3 is 15.0 Å². The van der Waals surface area contributed by atoms with E-state index in [1.807, 2.05) is 52.2 Å². The molecule has 3 rings (SSSR count). The zero-order valence-electron chi connectivity index (χ0n) is 17.9. The molecule has 0 atom stereocenters. The number of fused-ring (bicyclic) bond motifs is 1. The Bertz CT molecular complexity index is 1090. The van der Waals surface area contributed by atoms with Gasteiger partial charge in [-0.2, -0.15) is 0 Å². The molecule has 0 saturated heterocycles. The number of nitrogens with zero attached hydrogens (tertiary/aromatic N) is 3. The average Bonchev–Trinajstić information content (AvgIpc) is 3.00. The van der Waals surface area contributed by atoms with Gasteiger partial charge >= 0.3 is 0 Å². The largest absolute Gasteiger partial charge is 0.492 e. The van der Waals surface area contributed by atoms with E-state index in [1.54, 1.807) is 0 Å². The molecule has 0 saturated carbocycles. The molecular formula is C22H28N4O3S. The van der Waals surface area contributed by atoms with Gasteiger partial charge in [-0.1, -0.05) is 12.1 Å². The summed E-state index contributed by atoms with van der Waals surface area (Å²) in [6, 6.07) is 7.70. The Morgan fingerprint density at radius 1 is 1.30 bits per heavy atom. The van der Waals surface area contributed by atoms with Crippen molar-refractivity contribution in [2.75, 3.05) is 27.2 Å². The zero-order valence-corrected chi connectivity index (χ0v) is 18.7. The topological polar surface area (TPSA) is 76.5 Å². The number of hydrogen-bond acceptors (Lipinski definition) is 6. The van der Waals surface area contributed by atoms with Crippen LogP contribution in [0.3, 0.4) is 0 Å². The molecule has 7 nitrogen and oxygen atoms in total. The van der Waals surface area contributed by atoms with E-state index in [2.05, 4.69) is 15.2 Å². The van der Waals surface area contributed by atoms with Crippen molar-refractivity contribution in [3.05, 3.63) is 57.0 Å². The molecule has 1 aromatic carbocycles. The molecule has 8 heteroatoms. The predicted octanol–water partition coefficient (Wildman–Crippen LogP) is 2.72. The third-order valence-electron chi connectivity index (χ3n) is 4.93. The molecular weight excluding hydrogens is 400 g/mol. The van der Waals surface area contributed by atoms with E-state index in [4.69, 9.17) is 4.74 Å². The third kappa shape index (κ3) is 5.46. The molecule has 160 valence electrons. The van der Waals surface area contributed by atoms with Gasteiger partial charge in [0.1, 0.15) is 17.2 Å². The lowest BCUT2D eigenvalue weighted by Gasteiger charge is -2.12. The van der Waals surface area contributed by atoms with Crippen molar-refractivity contribution < 1.29 is 9.53 Å². The van der Waals surface area contributed by atoms with Crippen LogP contribution < -0.4 is 15.6 Å². The fourth-order valence-electron chi connectivity index (χ4n) is 3.03. The summed E-state index contributed by atoms with van der Waals surface area (Å²) >= 11 is 1.52. The molecule has 1 N–H and O–H groups in total. The number of aromatic nitrogens is 2.